The first-order valence-electron chi connectivity index (χ1n) is 6.34. The molecule has 5 heteroatoms. The van der Waals surface area contributed by atoms with E-state index in [2.05, 4.69) is 10.6 Å². The highest BCUT2D eigenvalue weighted by Gasteiger charge is 2.09. The van der Waals surface area contributed by atoms with Gasteiger partial charge in [-0.2, -0.15) is 0 Å². The normalized spacial score (nSPS) is 10.0. The molecule has 0 radical (unpaired) electrons. The van der Waals surface area contributed by atoms with Crippen LogP contribution in [0.25, 0.3) is 0 Å². The van der Waals surface area contributed by atoms with Gasteiger partial charge in [-0.05, 0) is 24.6 Å². The van der Waals surface area contributed by atoms with Crippen molar-refractivity contribution in [1.29, 1.82) is 0 Å². The molecular formula is C14H20N2O3. The van der Waals surface area contributed by atoms with Gasteiger partial charge in [0.1, 0.15) is 0 Å². The zero-order chi connectivity index (χ0) is 14.1. The number of carbonyl (C=O) groups excluding carboxylic acids is 2. The standard InChI is InChI=1S/C14H20N2O3/c1-3-7-15-13(17)11-5-4-6-12(10-11)14(18)16-8-9-19-2/h4-6,10H,3,7-9H2,1-2H3,(H,15,17)(H,16,18). The van der Waals surface area contributed by atoms with E-state index in [0.717, 1.165) is 6.42 Å². The first-order valence-corrected chi connectivity index (χ1v) is 6.34. The second-order valence-corrected chi connectivity index (χ2v) is 4.09. The fraction of sp³-hybridized carbons (Fsp3) is 0.429. The molecule has 2 amide bonds. The zero-order valence-corrected chi connectivity index (χ0v) is 11.4. The van der Waals surface area contributed by atoms with E-state index < -0.39 is 0 Å². The maximum absolute atomic E-state index is 11.8. The lowest BCUT2D eigenvalue weighted by Gasteiger charge is -2.07. The molecule has 0 heterocycles. The Balaban J connectivity index is 2.65. The van der Waals surface area contributed by atoms with Gasteiger partial charge >= 0.3 is 0 Å². The Kier molecular flexibility index (Phi) is 6.60. The summed E-state index contributed by atoms with van der Waals surface area (Å²) in [6.45, 7) is 3.52. The van der Waals surface area contributed by atoms with Crippen molar-refractivity contribution < 1.29 is 14.3 Å². The Labute approximate surface area is 113 Å². The van der Waals surface area contributed by atoms with Gasteiger partial charge in [-0.3, -0.25) is 9.59 Å². The highest BCUT2D eigenvalue weighted by atomic mass is 16.5. The predicted molar refractivity (Wildman–Crippen MR) is 73.3 cm³/mol. The molecule has 0 saturated carbocycles. The summed E-state index contributed by atoms with van der Waals surface area (Å²) < 4.78 is 4.86. The third kappa shape index (κ3) is 5.09. The number of benzene rings is 1. The maximum Gasteiger partial charge on any atom is 0.251 e. The molecule has 0 aliphatic carbocycles. The van der Waals surface area contributed by atoms with Crippen LogP contribution in [0.15, 0.2) is 24.3 Å². The first-order chi connectivity index (χ1) is 9.19. The number of nitrogens with one attached hydrogen (secondary N) is 2. The Bertz CT molecular complexity index is 432. The number of hydrogen-bond acceptors (Lipinski definition) is 3. The van der Waals surface area contributed by atoms with Crippen LogP contribution in [-0.2, 0) is 4.74 Å². The van der Waals surface area contributed by atoms with E-state index >= 15 is 0 Å². The SMILES string of the molecule is CCCNC(=O)c1cccc(C(=O)NCCOC)c1. The minimum absolute atomic E-state index is 0.159. The first kappa shape index (κ1) is 15.2. The van der Waals surface area contributed by atoms with Crippen LogP contribution >= 0.6 is 0 Å². The van der Waals surface area contributed by atoms with Crippen LogP contribution in [-0.4, -0.2) is 38.6 Å². The van der Waals surface area contributed by atoms with Gasteiger partial charge in [0.15, 0.2) is 0 Å². The highest BCUT2D eigenvalue weighted by molar-refractivity contribution is 5.99. The van der Waals surface area contributed by atoms with Gasteiger partial charge in [-0.1, -0.05) is 13.0 Å². The summed E-state index contributed by atoms with van der Waals surface area (Å²) in [5.41, 5.74) is 0.966. The molecular weight excluding hydrogens is 244 g/mol. The van der Waals surface area contributed by atoms with Crippen molar-refractivity contribution in [2.75, 3.05) is 26.8 Å². The largest absolute Gasteiger partial charge is 0.383 e. The number of methoxy groups -OCH3 is 1. The number of ether oxygens (including phenoxy) is 1. The topological polar surface area (TPSA) is 67.4 Å². The van der Waals surface area contributed by atoms with Crippen LogP contribution in [0, 0.1) is 0 Å². The molecule has 0 saturated heterocycles. The molecule has 0 aromatic heterocycles. The second kappa shape index (κ2) is 8.26. The van der Waals surface area contributed by atoms with Gasteiger partial charge in [0, 0.05) is 31.3 Å². The molecule has 0 aliphatic heterocycles. The van der Waals surface area contributed by atoms with Crippen molar-refractivity contribution in [3.05, 3.63) is 35.4 Å². The number of hydrogen-bond donors (Lipinski definition) is 2. The van der Waals surface area contributed by atoms with Gasteiger partial charge < -0.3 is 15.4 Å². The van der Waals surface area contributed by atoms with Crippen LogP contribution in [0.1, 0.15) is 34.1 Å². The van der Waals surface area contributed by atoms with E-state index in [4.69, 9.17) is 4.74 Å². The van der Waals surface area contributed by atoms with E-state index in [9.17, 15) is 9.59 Å². The van der Waals surface area contributed by atoms with E-state index in [1.165, 1.54) is 0 Å². The zero-order valence-electron chi connectivity index (χ0n) is 11.4. The summed E-state index contributed by atoms with van der Waals surface area (Å²) in [6, 6.07) is 6.66. The van der Waals surface area contributed by atoms with Gasteiger partial charge in [0.05, 0.1) is 6.61 Å². The van der Waals surface area contributed by atoms with Crippen LogP contribution in [0.2, 0.25) is 0 Å². The minimum atomic E-state index is -0.206. The average Bonchev–Trinajstić information content (AvgIpc) is 2.45. The van der Waals surface area contributed by atoms with Gasteiger partial charge in [0.25, 0.3) is 11.8 Å². The lowest BCUT2D eigenvalue weighted by molar-refractivity contribution is 0.0937. The van der Waals surface area contributed by atoms with Crippen LogP contribution in [0.4, 0.5) is 0 Å². The number of carbonyl (C=O) groups is 2. The molecule has 1 rings (SSSR count). The Hall–Kier alpha value is -1.88. The summed E-state index contributed by atoms with van der Waals surface area (Å²) in [5, 5.41) is 5.49. The Morgan fingerprint density at radius 3 is 2.21 bits per heavy atom. The smallest absolute Gasteiger partial charge is 0.251 e. The summed E-state index contributed by atoms with van der Waals surface area (Å²) in [5.74, 6) is -0.365. The highest BCUT2D eigenvalue weighted by Crippen LogP contribution is 2.05. The Morgan fingerprint density at radius 2 is 1.68 bits per heavy atom. The van der Waals surface area contributed by atoms with Gasteiger partial charge in [0.2, 0.25) is 0 Å². The average molecular weight is 264 g/mol. The van der Waals surface area contributed by atoms with Crippen molar-refractivity contribution in [1.82, 2.24) is 10.6 Å². The van der Waals surface area contributed by atoms with E-state index in [-0.39, 0.29) is 11.8 Å². The van der Waals surface area contributed by atoms with Crippen LogP contribution in [0.3, 0.4) is 0 Å². The van der Waals surface area contributed by atoms with Crippen molar-refractivity contribution in [3.8, 4) is 0 Å². The molecule has 0 fully saturated rings. The van der Waals surface area contributed by atoms with E-state index in [1.807, 2.05) is 6.92 Å². The summed E-state index contributed by atoms with van der Waals surface area (Å²) in [6.07, 6.45) is 0.878. The summed E-state index contributed by atoms with van der Waals surface area (Å²) in [7, 11) is 1.57. The quantitative estimate of drug-likeness (QED) is 0.727. The van der Waals surface area contributed by atoms with Crippen LogP contribution < -0.4 is 10.6 Å². The Morgan fingerprint density at radius 1 is 1.11 bits per heavy atom. The third-order valence-corrected chi connectivity index (χ3v) is 2.51. The molecule has 0 spiro atoms. The lowest BCUT2D eigenvalue weighted by atomic mass is 10.1. The molecule has 0 unspecified atom stereocenters. The monoisotopic (exact) mass is 264 g/mol. The van der Waals surface area contributed by atoms with Crippen molar-refractivity contribution in [2.45, 2.75) is 13.3 Å². The predicted octanol–water partition coefficient (Wildman–Crippen LogP) is 1.20. The summed E-state index contributed by atoms with van der Waals surface area (Å²) >= 11 is 0. The third-order valence-electron chi connectivity index (χ3n) is 2.51. The van der Waals surface area contributed by atoms with Gasteiger partial charge in [-0.15, -0.1) is 0 Å². The van der Waals surface area contributed by atoms with E-state index in [0.29, 0.717) is 30.8 Å². The molecule has 104 valence electrons. The van der Waals surface area contributed by atoms with E-state index in [1.54, 1.807) is 31.4 Å². The van der Waals surface area contributed by atoms with Gasteiger partial charge in [-0.25, -0.2) is 0 Å². The second-order valence-electron chi connectivity index (χ2n) is 4.09. The lowest BCUT2D eigenvalue weighted by Crippen LogP contribution is -2.28. The minimum Gasteiger partial charge on any atom is -0.383 e. The molecule has 5 nitrogen and oxygen atoms in total. The van der Waals surface area contributed by atoms with Crippen molar-refractivity contribution in [3.63, 3.8) is 0 Å². The summed E-state index contributed by atoms with van der Waals surface area (Å²) in [4.78, 5) is 23.6. The fourth-order valence-corrected chi connectivity index (χ4v) is 1.51. The molecule has 0 atom stereocenters. The van der Waals surface area contributed by atoms with Crippen molar-refractivity contribution in [2.24, 2.45) is 0 Å². The molecule has 1 aromatic carbocycles. The fourth-order valence-electron chi connectivity index (χ4n) is 1.51. The van der Waals surface area contributed by atoms with Crippen LogP contribution in [0.5, 0.6) is 0 Å². The number of amides is 2. The molecule has 0 bridgehead atoms. The molecule has 0 aliphatic rings. The molecule has 19 heavy (non-hydrogen) atoms. The maximum atomic E-state index is 11.8. The molecule has 1 aromatic rings. The molecule has 2 N–H and O–H groups in total. The van der Waals surface area contributed by atoms with Crippen molar-refractivity contribution >= 4 is 11.8 Å². The number of rotatable bonds is 7.